The third-order valence-corrected chi connectivity index (χ3v) is 6.24. The highest BCUT2D eigenvalue weighted by molar-refractivity contribution is 9.10. The maximum Gasteiger partial charge on any atom is 0.405 e. The molecule has 0 aromatic heterocycles. The maximum atomic E-state index is 13.7. The average molecular weight is 563 g/mol. The Morgan fingerprint density at radius 3 is 2.42 bits per heavy atom. The molecule has 31 heavy (non-hydrogen) atoms. The summed E-state index contributed by atoms with van der Waals surface area (Å²) in [5.74, 6) is -3.82. The number of benzene rings is 2. The molecule has 1 saturated carbocycles. The lowest BCUT2D eigenvalue weighted by Gasteiger charge is -2.11. The summed E-state index contributed by atoms with van der Waals surface area (Å²) in [7, 11) is 0. The van der Waals surface area contributed by atoms with Gasteiger partial charge in [0.1, 0.15) is 16.7 Å². The van der Waals surface area contributed by atoms with Gasteiger partial charge in [0.05, 0.1) is 16.5 Å². The Labute approximate surface area is 197 Å². The Bertz CT molecular complexity index is 1030. The smallest absolute Gasteiger partial charge is 0.343 e. The van der Waals surface area contributed by atoms with Gasteiger partial charge < -0.3 is 10.6 Å². The van der Waals surface area contributed by atoms with Gasteiger partial charge in [-0.15, -0.1) is 23.2 Å². The molecule has 0 saturated heterocycles. The number of anilines is 1. The zero-order valence-corrected chi connectivity index (χ0v) is 19.0. The molecule has 2 atom stereocenters. The highest BCUT2D eigenvalue weighted by Gasteiger charge is 2.67. The maximum absolute atomic E-state index is 13.7. The first-order valence-electron chi connectivity index (χ1n) is 8.59. The Hall–Kier alpha value is -1.55. The quantitative estimate of drug-likeness (QED) is 0.344. The number of hydrogen-bond acceptors (Lipinski definition) is 2. The number of amides is 2. The van der Waals surface area contributed by atoms with Crippen molar-refractivity contribution < 1.29 is 27.2 Å². The molecule has 0 spiro atoms. The lowest BCUT2D eigenvalue weighted by Crippen LogP contribution is -2.33. The topological polar surface area (TPSA) is 58.2 Å². The first-order chi connectivity index (χ1) is 14.3. The second-order valence-electron chi connectivity index (χ2n) is 6.81. The molecule has 1 fully saturated rings. The summed E-state index contributed by atoms with van der Waals surface area (Å²) in [6.45, 7) is -1.54. The van der Waals surface area contributed by atoms with Gasteiger partial charge in [-0.1, -0.05) is 27.5 Å². The molecule has 0 radical (unpaired) electrons. The van der Waals surface area contributed by atoms with E-state index in [0.29, 0.717) is 10.0 Å². The first-order valence-corrected chi connectivity index (χ1v) is 10.5. The van der Waals surface area contributed by atoms with E-state index in [0.717, 1.165) is 6.07 Å². The van der Waals surface area contributed by atoms with Crippen LogP contribution >= 0.6 is 50.7 Å². The standard InChI is InChI=1S/C19H12BrCl3F4N2O2/c20-9-3-8(4-10(24)5-9)14-15(19(14,22)23)17(31)29-11-1-2-13(21)12(6-11)16(30)28-7-18(25,26)27/h1-6,14-15H,7H2,(H,28,30)(H,29,31)/t14-,15+/m0/s1. The van der Waals surface area contributed by atoms with E-state index in [1.165, 1.54) is 24.3 Å². The molecule has 2 amide bonds. The van der Waals surface area contributed by atoms with Crippen molar-refractivity contribution >= 4 is 68.2 Å². The fourth-order valence-corrected chi connectivity index (χ4v) is 4.61. The average Bonchev–Trinajstić information content (AvgIpc) is 3.22. The second kappa shape index (κ2) is 8.77. The van der Waals surface area contributed by atoms with Gasteiger partial charge in [-0.05, 0) is 42.0 Å². The van der Waals surface area contributed by atoms with Crippen molar-refractivity contribution in [3.63, 3.8) is 0 Å². The van der Waals surface area contributed by atoms with Gasteiger partial charge in [0.2, 0.25) is 5.91 Å². The van der Waals surface area contributed by atoms with Crippen LogP contribution in [0.25, 0.3) is 0 Å². The van der Waals surface area contributed by atoms with Crippen molar-refractivity contribution in [2.45, 2.75) is 16.4 Å². The summed E-state index contributed by atoms with van der Waals surface area (Å²) in [5, 5.41) is 4.11. The van der Waals surface area contributed by atoms with Crippen LogP contribution in [0.4, 0.5) is 23.2 Å². The van der Waals surface area contributed by atoms with Crippen LogP contribution in [-0.2, 0) is 4.79 Å². The highest BCUT2D eigenvalue weighted by Crippen LogP contribution is 2.65. The van der Waals surface area contributed by atoms with Crippen LogP contribution in [0.2, 0.25) is 5.02 Å². The molecule has 2 aromatic carbocycles. The van der Waals surface area contributed by atoms with Gasteiger partial charge in [-0.25, -0.2) is 4.39 Å². The van der Waals surface area contributed by atoms with Crippen molar-refractivity contribution in [1.29, 1.82) is 0 Å². The molecule has 0 unspecified atom stereocenters. The Morgan fingerprint density at radius 1 is 1.13 bits per heavy atom. The van der Waals surface area contributed by atoms with Gasteiger partial charge in [0.15, 0.2) is 0 Å². The van der Waals surface area contributed by atoms with Crippen LogP contribution in [-0.4, -0.2) is 28.9 Å². The summed E-state index contributed by atoms with van der Waals surface area (Å²) in [6, 6.07) is 7.79. The molecule has 0 aliphatic heterocycles. The van der Waals surface area contributed by atoms with Gasteiger partial charge in [-0.3, -0.25) is 9.59 Å². The van der Waals surface area contributed by atoms with Crippen molar-refractivity contribution in [2.75, 3.05) is 11.9 Å². The van der Waals surface area contributed by atoms with Crippen LogP contribution < -0.4 is 10.6 Å². The molecule has 166 valence electrons. The number of carbonyl (C=O) groups excluding carboxylic acids is 2. The van der Waals surface area contributed by atoms with Crippen LogP contribution in [0.1, 0.15) is 21.8 Å². The lowest BCUT2D eigenvalue weighted by molar-refractivity contribution is -0.123. The van der Waals surface area contributed by atoms with Crippen LogP contribution in [0.3, 0.4) is 0 Å². The molecule has 1 aliphatic rings. The molecule has 2 N–H and O–H groups in total. The summed E-state index contributed by atoms with van der Waals surface area (Å²) >= 11 is 21.5. The lowest BCUT2D eigenvalue weighted by atomic mass is 10.1. The van der Waals surface area contributed by atoms with E-state index in [1.54, 1.807) is 11.4 Å². The molecular formula is C19H12BrCl3F4N2O2. The van der Waals surface area contributed by atoms with E-state index in [-0.39, 0.29) is 16.3 Å². The molecule has 1 aliphatic carbocycles. The number of alkyl halides is 5. The SMILES string of the molecule is O=C(NCC(F)(F)F)c1cc(NC(=O)[C@H]2[C@H](c3cc(F)cc(Br)c3)C2(Cl)Cl)ccc1Cl. The van der Waals surface area contributed by atoms with E-state index in [4.69, 9.17) is 34.8 Å². The summed E-state index contributed by atoms with van der Waals surface area (Å²) in [4.78, 5) is 24.7. The number of halogens is 8. The first kappa shape index (κ1) is 24.1. The number of hydrogen-bond donors (Lipinski definition) is 2. The minimum absolute atomic E-state index is 0.0989. The van der Waals surface area contributed by atoms with Crippen molar-refractivity contribution in [3.05, 3.63) is 62.8 Å². The largest absolute Gasteiger partial charge is 0.405 e. The number of carbonyl (C=O) groups is 2. The zero-order chi connectivity index (χ0) is 23.1. The molecule has 2 aromatic rings. The Balaban J connectivity index is 1.75. The summed E-state index contributed by atoms with van der Waals surface area (Å²) in [5.41, 5.74) is 0.259. The monoisotopic (exact) mass is 560 g/mol. The van der Waals surface area contributed by atoms with Crippen LogP contribution in [0.5, 0.6) is 0 Å². The molecular weight excluding hydrogens is 550 g/mol. The highest BCUT2D eigenvalue weighted by atomic mass is 79.9. The predicted octanol–water partition coefficient (Wildman–Crippen LogP) is 6.06. The second-order valence-corrected chi connectivity index (χ2v) is 9.58. The Morgan fingerprint density at radius 2 is 1.81 bits per heavy atom. The fraction of sp³-hybridized carbons (Fsp3) is 0.263. The molecule has 3 rings (SSSR count). The molecule has 0 heterocycles. The third-order valence-electron chi connectivity index (χ3n) is 4.51. The van der Waals surface area contributed by atoms with Crippen LogP contribution in [0.15, 0.2) is 40.9 Å². The minimum atomic E-state index is -4.59. The summed E-state index contributed by atoms with van der Waals surface area (Å²) < 4.78 is 49.6. The fourth-order valence-electron chi connectivity index (χ4n) is 3.10. The predicted molar refractivity (Wildman–Crippen MR) is 113 cm³/mol. The van der Waals surface area contributed by atoms with Gasteiger partial charge in [-0.2, -0.15) is 13.2 Å². The van der Waals surface area contributed by atoms with E-state index < -0.39 is 46.5 Å². The van der Waals surface area contributed by atoms with E-state index >= 15 is 0 Å². The van der Waals surface area contributed by atoms with Crippen molar-refractivity contribution in [2.24, 2.45) is 5.92 Å². The number of nitrogens with one attached hydrogen (secondary N) is 2. The van der Waals surface area contributed by atoms with Gasteiger partial charge in [0, 0.05) is 16.1 Å². The Kier molecular flexibility index (Phi) is 6.82. The number of rotatable bonds is 5. The van der Waals surface area contributed by atoms with Crippen molar-refractivity contribution in [1.82, 2.24) is 5.32 Å². The van der Waals surface area contributed by atoms with E-state index in [2.05, 4.69) is 21.2 Å². The van der Waals surface area contributed by atoms with Gasteiger partial charge >= 0.3 is 6.18 Å². The minimum Gasteiger partial charge on any atom is -0.343 e. The van der Waals surface area contributed by atoms with Gasteiger partial charge in [0.25, 0.3) is 5.91 Å². The third kappa shape index (κ3) is 5.63. The summed E-state index contributed by atoms with van der Waals surface area (Å²) in [6.07, 6.45) is -4.59. The molecule has 12 heteroatoms. The zero-order valence-electron chi connectivity index (χ0n) is 15.2. The molecule has 0 bridgehead atoms. The van der Waals surface area contributed by atoms with E-state index in [9.17, 15) is 27.2 Å². The molecule has 4 nitrogen and oxygen atoms in total. The van der Waals surface area contributed by atoms with E-state index in [1.807, 2.05) is 0 Å². The normalized spacial score (nSPS) is 19.6. The van der Waals surface area contributed by atoms with Crippen LogP contribution in [0, 0.1) is 11.7 Å². The van der Waals surface area contributed by atoms with Crippen molar-refractivity contribution in [3.8, 4) is 0 Å².